The van der Waals surface area contributed by atoms with Crippen molar-refractivity contribution in [3.8, 4) is 0 Å². The molecule has 1 heterocycles. The quantitative estimate of drug-likeness (QED) is 0.944. The van der Waals surface area contributed by atoms with Crippen molar-refractivity contribution in [3.63, 3.8) is 0 Å². The van der Waals surface area contributed by atoms with Crippen LogP contribution < -0.4 is 5.56 Å². The van der Waals surface area contributed by atoms with Gasteiger partial charge in [0.15, 0.2) is 0 Å². The van der Waals surface area contributed by atoms with Crippen LogP contribution in [-0.4, -0.2) is 9.97 Å². The molecule has 1 aliphatic carbocycles. The molecule has 3 rings (SSSR count). The highest BCUT2D eigenvalue weighted by atomic mass is 19.4. The van der Waals surface area contributed by atoms with Gasteiger partial charge in [-0.15, -0.1) is 0 Å². The first kappa shape index (κ1) is 13.9. The van der Waals surface area contributed by atoms with E-state index in [1.807, 2.05) is 0 Å². The van der Waals surface area contributed by atoms with Crippen LogP contribution in [0.4, 0.5) is 13.2 Å². The van der Waals surface area contributed by atoms with Gasteiger partial charge in [-0.25, -0.2) is 4.98 Å². The van der Waals surface area contributed by atoms with Crippen LogP contribution in [0.15, 0.2) is 35.1 Å². The Kier molecular flexibility index (Phi) is 3.31. The number of H-pyrrole nitrogens is 1. The number of nitrogens with zero attached hydrogens (tertiary/aromatic N) is 1. The third-order valence-electron chi connectivity index (χ3n) is 3.43. The molecule has 1 fully saturated rings. The van der Waals surface area contributed by atoms with E-state index in [0.717, 1.165) is 30.7 Å². The van der Waals surface area contributed by atoms with Crippen molar-refractivity contribution in [2.75, 3.05) is 0 Å². The van der Waals surface area contributed by atoms with Crippen molar-refractivity contribution in [1.82, 2.24) is 9.97 Å². The molecule has 0 saturated heterocycles. The minimum atomic E-state index is -4.37. The van der Waals surface area contributed by atoms with Gasteiger partial charge in [0.1, 0.15) is 5.82 Å². The van der Waals surface area contributed by atoms with Crippen LogP contribution >= 0.6 is 0 Å². The number of halogens is 3. The predicted octanol–water partition coefficient (Wildman–Crippen LogP) is 3.26. The zero-order valence-electron chi connectivity index (χ0n) is 11.1. The zero-order chi connectivity index (χ0) is 15.0. The van der Waals surface area contributed by atoms with Gasteiger partial charge >= 0.3 is 6.18 Å². The number of hydrogen-bond donors (Lipinski definition) is 1. The van der Waals surface area contributed by atoms with Crippen LogP contribution in [0, 0.1) is 0 Å². The van der Waals surface area contributed by atoms with Gasteiger partial charge in [0.2, 0.25) is 0 Å². The first-order valence-electron chi connectivity index (χ1n) is 6.68. The molecule has 1 aromatic heterocycles. The molecule has 110 valence electrons. The SMILES string of the molecule is O=c1cc(C2CC2)nc(Cc2cccc(C(F)(F)F)c2)[nH]1. The summed E-state index contributed by atoms with van der Waals surface area (Å²) in [6.45, 7) is 0. The van der Waals surface area contributed by atoms with E-state index < -0.39 is 11.7 Å². The van der Waals surface area contributed by atoms with Crippen LogP contribution in [-0.2, 0) is 12.6 Å². The Bertz CT molecular complexity index is 717. The smallest absolute Gasteiger partial charge is 0.310 e. The van der Waals surface area contributed by atoms with Crippen LogP contribution in [0.5, 0.6) is 0 Å². The zero-order valence-corrected chi connectivity index (χ0v) is 11.1. The number of nitrogens with one attached hydrogen (secondary N) is 1. The van der Waals surface area contributed by atoms with E-state index in [0.29, 0.717) is 17.3 Å². The highest BCUT2D eigenvalue weighted by molar-refractivity contribution is 5.28. The fraction of sp³-hybridized carbons (Fsp3) is 0.333. The van der Waals surface area contributed by atoms with Crippen molar-refractivity contribution in [1.29, 1.82) is 0 Å². The van der Waals surface area contributed by atoms with Crippen molar-refractivity contribution in [2.45, 2.75) is 31.4 Å². The van der Waals surface area contributed by atoms with Crippen molar-refractivity contribution < 1.29 is 13.2 Å². The number of alkyl halides is 3. The molecule has 0 unspecified atom stereocenters. The second-order valence-corrected chi connectivity index (χ2v) is 5.27. The van der Waals surface area contributed by atoms with E-state index in [2.05, 4.69) is 9.97 Å². The Labute approximate surface area is 118 Å². The minimum absolute atomic E-state index is 0.180. The Morgan fingerprint density at radius 2 is 2.00 bits per heavy atom. The third-order valence-corrected chi connectivity index (χ3v) is 3.43. The van der Waals surface area contributed by atoms with E-state index in [9.17, 15) is 18.0 Å². The van der Waals surface area contributed by atoms with Crippen molar-refractivity contribution in [3.05, 3.63) is 63.3 Å². The molecule has 6 heteroatoms. The number of aromatic amines is 1. The fourth-order valence-electron chi connectivity index (χ4n) is 2.25. The summed E-state index contributed by atoms with van der Waals surface area (Å²) in [5.74, 6) is 0.733. The maximum Gasteiger partial charge on any atom is 0.416 e. The second kappa shape index (κ2) is 5.02. The second-order valence-electron chi connectivity index (χ2n) is 5.27. The average molecular weight is 294 g/mol. The lowest BCUT2D eigenvalue weighted by Crippen LogP contribution is -2.13. The summed E-state index contributed by atoms with van der Waals surface area (Å²) in [7, 11) is 0. The summed E-state index contributed by atoms with van der Waals surface area (Å²) >= 11 is 0. The standard InChI is InChI=1S/C15H13F3N2O/c16-15(17,18)11-3-1-2-9(6-11)7-13-19-12(10-4-5-10)8-14(21)20-13/h1-3,6,8,10H,4-5,7H2,(H,19,20,21). The van der Waals surface area contributed by atoms with E-state index in [1.54, 1.807) is 6.07 Å². The van der Waals surface area contributed by atoms with Gasteiger partial charge < -0.3 is 4.98 Å². The number of benzene rings is 1. The molecule has 0 atom stereocenters. The van der Waals surface area contributed by atoms with Gasteiger partial charge in [-0.2, -0.15) is 13.2 Å². The van der Waals surface area contributed by atoms with E-state index in [4.69, 9.17) is 0 Å². The molecule has 0 amide bonds. The highest BCUT2D eigenvalue weighted by Crippen LogP contribution is 2.38. The lowest BCUT2D eigenvalue weighted by molar-refractivity contribution is -0.137. The monoisotopic (exact) mass is 294 g/mol. The summed E-state index contributed by atoms with van der Waals surface area (Å²) in [6.07, 6.45) is -2.16. The van der Waals surface area contributed by atoms with Gasteiger partial charge in [0.25, 0.3) is 5.56 Å². The molecule has 1 saturated carbocycles. The maximum absolute atomic E-state index is 12.7. The van der Waals surface area contributed by atoms with Crippen LogP contribution in [0.25, 0.3) is 0 Å². The van der Waals surface area contributed by atoms with Crippen molar-refractivity contribution >= 4 is 0 Å². The van der Waals surface area contributed by atoms with E-state index in [1.165, 1.54) is 12.1 Å². The summed E-state index contributed by atoms with van der Waals surface area (Å²) in [6, 6.07) is 6.54. The average Bonchev–Trinajstić information content (AvgIpc) is 3.21. The summed E-state index contributed by atoms with van der Waals surface area (Å²) in [4.78, 5) is 18.5. The minimum Gasteiger partial charge on any atom is -0.310 e. The molecule has 1 N–H and O–H groups in total. The third kappa shape index (κ3) is 3.32. The van der Waals surface area contributed by atoms with Gasteiger partial charge in [0, 0.05) is 18.4 Å². The molecular weight excluding hydrogens is 281 g/mol. The molecule has 0 radical (unpaired) electrons. The van der Waals surface area contributed by atoms with E-state index >= 15 is 0 Å². The lowest BCUT2D eigenvalue weighted by Gasteiger charge is -2.09. The summed E-state index contributed by atoms with van der Waals surface area (Å²) in [5, 5.41) is 0. The molecule has 0 bridgehead atoms. The summed E-state index contributed by atoms with van der Waals surface area (Å²) in [5.41, 5.74) is 0.260. The first-order valence-corrected chi connectivity index (χ1v) is 6.68. The van der Waals surface area contributed by atoms with Gasteiger partial charge in [-0.1, -0.05) is 18.2 Å². The first-order chi connectivity index (χ1) is 9.91. The number of rotatable bonds is 3. The molecule has 3 nitrogen and oxygen atoms in total. The van der Waals surface area contributed by atoms with E-state index in [-0.39, 0.29) is 12.0 Å². The molecule has 0 spiro atoms. The lowest BCUT2D eigenvalue weighted by atomic mass is 10.1. The van der Waals surface area contributed by atoms with Crippen molar-refractivity contribution in [2.24, 2.45) is 0 Å². The molecular formula is C15H13F3N2O. The largest absolute Gasteiger partial charge is 0.416 e. The van der Waals surface area contributed by atoms with Crippen LogP contribution in [0.2, 0.25) is 0 Å². The van der Waals surface area contributed by atoms with Gasteiger partial charge in [-0.05, 0) is 24.5 Å². The van der Waals surface area contributed by atoms with Crippen LogP contribution in [0.3, 0.4) is 0 Å². The maximum atomic E-state index is 12.7. The highest BCUT2D eigenvalue weighted by Gasteiger charge is 2.30. The molecule has 0 aliphatic heterocycles. The summed E-state index contributed by atoms with van der Waals surface area (Å²) < 4.78 is 38.0. The van der Waals surface area contributed by atoms with Gasteiger partial charge in [0.05, 0.1) is 11.3 Å². The topological polar surface area (TPSA) is 45.8 Å². The number of hydrogen-bond acceptors (Lipinski definition) is 2. The molecule has 1 aromatic carbocycles. The fourth-order valence-corrected chi connectivity index (χ4v) is 2.25. The normalized spacial score (nSPS) is 15.2. The van der Waals surface area contributed by atoms with Crippen LogP contribution in [0.1, 0.15) is 41.4 Å². The Balaban J connectivity index is 1.88. The Morgan fingerprint density at radius 3 is 2.67 bits per heavy atom. The Morgan fingerprint density at radius 1 is 1.24 bits per heavy atom. The Hall–Kier alpha value is -2.11. The molecule has 1 aliphatic rings. The predicted molar refractivity (Wildman–Crippen MR) is 71.1 cm³/mol. The molecule has 2 aromatic rings. The molecule has 21 heavy (non-hydrogen) atoms. The van der Waals surface area contributed by atoms with Gasteiger partial charge in [-0.3, -0.25) is 4.79 Å². The number of aromatic nitrogens is 2.